The summed E-state index contributed by atoms with van der Waals surface area (Å²) in [6, 6.07) is -0.786. The maximum atomic E-state index is 11.3. The third kappa shape index (κ3) is 3.54. The second-order valence-electron chi connectivity index (χ2n) is 4.44. The Hall–Kier alpha value is -1.41. The molecule has 112 valence electrons. The van der Waals surface area contributed by atoms with Gasteiger partial charge in [0.05, 0.1) is 19.6 Å². The molecule has 19 heavy (non-hydrogen) atoms. The van der Waals surface area contributed by atoms with E-state index < -0.39 is 35.0 Å². The highest BCUT2D eigenvalue weighted by atomic mass is 16.7. The largest absolute Gasteiger partial charge is 0.453 e. The van der Waals surface area contributed by atoms with E-state index >= 15 is 0 Å². The Labute approximate surface area is 112 Å². The van der Waals surface area contributed by atoms with Gasteiger partial charge in [0, 0.05) is 19.0 Å². The Morgan fingerprint density at radius 2 is 2.11 bits per heavy atom. The fourth-order valence-electron chi connectivity index (χ4n) is 2.12. The summed E-state index contributed by atoms with van der Waals surface area (Å²) >= 11 is 0. The lowest BCUT2D eigenvalue weighted by atomic mass is 9.83. The zero-order valence-electron chi connectivity index (χ0n) is 10.8. The maximum absolute atomic E-state index is 11.3. The molecular weight excluding hydrogens is 256 g/mol. The van der Waals surface area contributed by atoms with Crippen LogP contribution in [0.4, 0.5) is 4.79 Å². The predicted octanol–water partition coefficient (Wildman–Crippen LogP) is 1.16. The summed E-state index contributed by atoms with van der Waals surface area (Å²) in [4.78, 5) is 22.1. The summed E-state index contributed by atoms with van der Waals surface area (Å²) in [6.07, 6.45) is -1.89. The van der Waals surface area contributed by atoms with Gasteiger partial charge in [-0.2, -0.15) is 0 Å². The third-order valence-electron chi connectivity index (χ3n) is 3.22. The van der Waals surface area contributed by atoms with Crippen LogP contribution in [0.2, 0.25) is 0 Å². The number of carbonyl (C=O) groups is 1. The number of nitrogens with one attached hydrogen (secondary N) is 1. The van der Waals surface area contributed by atoms with Crippen molar-refractivity contribution < 1.29 is 23.9 Å². The van der Waals surface area contributed by atoms with Gasteiger partial charge in [-0.15, -0.1) is 0 Å². The number of hydrogen-bond donors (Lipinski definition) is 1. The van der Waals surface area contributed by atoms with Gasteiger partial charge in [-0.05, 0) is 6.92 Å². The van der Waals surface area contributed by atoms with E-state index in [0.717, 1.165) is 0 Å². The van der Waals surface area contributed by atoms with E-state index in [1.807, 2.05) is 0 Å². The molecule has 8 nitrogen and oxygen atoms in total. The van der Waals surface area contributed by atoms with Crippen molar-refractivity contribution in [1.82, 2.24) is 5.32 Å². The summed E-state index contributed by atoms with van der Waals surface area (Å²) in [5.41, 5.74) is -1.37. The molecule has 4 atom stereocenters. The highest BCUT2D eigenvalue weighted by molar-refractivity contribution is 5.67. The summed E-state index contributed by atoms with van der Waals surface area (Å²) in [6.45, 7) is 3.10. The Morgan fingerprint density at radius 1 is 1.53 bits per heavy atom. The van der Waals surface area contributed by atoms with Crippen molar-refractivity contribution in [3.8, 4) is 0 Å². The minimum absolute atomic E-state index is 0. The van der Waals surface area contributed by atoms with Crippen molar-refractivity contribution in [3.63, 3.8) is 0 Å². The van der Waals surface area contributed by atoms with Crippen LogP contribution in [0.15, 0.2) is 0 Å². The van der Waals surface area contributed by atoms with E-state index in [-0.39, 0.29) is 13.8 Å². The van der Waals surface area contributed by atoms with Gasteiger partial charge in [0.15, 0.2) is 6.29 Å². The van der Waals surface area contributed by atoms with Crippen LogP contribution in [0, 0.1) is 10.1 Å². The molecule has 0 aromatic heterocycles. The van der Waals surface area contributed by atoms with E-state index in [0.29, 0.717) is 0 Å². The number of ether oxygens (including phenoxy) is 3. The number of carbonyl (C=O) groups excluding carboxylic acids is 1. The smallest absolute Gasteiger partial charge is 0.407 e. The van der Waals surface area contributed by atoms with Crippen LogP contribution in [0.3, 0.4) is 0 Å². The number of rotatable bonds is 3. The van der Waals surface area contributed by atoms with E-state index in [1.54, 1.807) is 6.92 Å². The number of methoxy groups -OCH3 is 2. The first kappa shape index (κ1) is 17.6. The molecule has 0 radical (unpaired) electrons. The second kappa shape index (κ2) is 6.67. The molecular formula is C11H22N2O6. The molecule has 8 heteroatoms. The van der Waals surface area contributed by atoms with E-state index in [2.05, 4.69) is 10.1 Å². The average molecular weight is 278 g/mol. The quantitative estimate of drug-likeness (QED) is 0.614. The highest BCUT2D eigenvalue weighted by Gasteiger charge is 2.55. The third-order valence-corrected chi connectivity index (χ3v) is 3.22. The molecule has 1 fully saturated rings. The fraction of sp³-hybridized carbons (Fsp3) is 0.909. The lowest BCUT2D eigenvalue weighted by Gasteiger charge is -2.41. The summed E-state index contributed by atoms with van der Waals surface area (Å²) < 4.78 is 14.9. The lowest BCUT2D eigenvalue weighted by molar-refractivity contribution is -0.584. The second-order valence-corrected chi connectivity index (χ2v) is 4.44. The van der Waals surface area contributed by atoms with Crippen LogP contribution >= 0.6 is 0 Å². The molecule has 4 unspecified atom stereocenters. The molecule has 0 bridgehead atoms. The van der Waals surface area contributed by atoms with Gasteiger partial charge >= 0.3 is 6.09 Å². The SMILES string of the molecule is C.COC(=O)NC1C(C)OC(OC)CC1(C)[N+](=O)[O-]. The fourth-order valence-corrected chi connectivity index (χ4v) is 2.12. The molecule has 0 saturated carbocycles. The van der Waals surface area contributed by atoms with Crippen molar-refractivity contribution in [2.24, 2.45) is 0 Å². The molecule has 1 heterocycles. The first-order valence-electron chi connectivity index (χ1n) is 5.52. The van der Waals surface area contributed by atoms with Gasteiger partial charge < -0.3 is 19.5 Å². The standard InChI is InChI=1S/C10H18N2O6.CH4/c1-6-8(11-9(13)17-4)10(2,12(14)15)5-7(16-3)18-6;/h6-8H,5H2,1-4H3,(H,11,13);1H4. The van der Waals surface area contributed by atoms with Gasteiger partial charge in [-0.25, -0.2) is 4.79 Å². The molecule has 1 aliphatic heterocycles. The molecule has 0 aliphatic carbocycles. The van der Waals surface area contributed by atoms with E-state index in [1.165, 1.54) is 21.1 Å². The average Bonchev–Trinajstić information content (AvgIpc) is 2.32. The first-order valence-corrected chi connectivity index (χ1v) is 5.52. The Balaban J connectivity index is 0.00000324. The van der Waals surface area contributed by atoms with Crippen LogP contribution in [-0.2, 0) is 14.2 Å². The van der Waals surface area contributed by atoms with Crippen LogP contribution in [0.5, 0.6) is 0 Å². The van der Waals surface area contributed by atoms with Crippen molar-refractivity contribution in [2.75, 3.05) is 14.2 Å². The zero-order valence-corrected chi connectivity index (χ0v) is 10.8. The van der Waals surface area contributed by atoms with Crippen LogP contribution in [0.1, 0.15) is 27.7 Å². The molecule has 0 spiro atoms. The maximum Gasteiger partial charge on any atom is 0.407 e. The van der Waals surface area contributed by atoms with Gasteiger partial charge in [-0.1, -0.05) is 7.43 Å². The Morgan fingerprint density at radius 3 is 2.53 bits per heavy atom. The molecule has 1 rings (SSSR count). The van der Waals surface area contributed by atoms with Gasteiger partial charge in [0.2, 0.25) is 5.54 Å². The molecule has 1 saturated heterocycles. The molecule has 0 aromatic rings. The van der Waals surface area contributed by atoms with Gasteiger partial charge in [0.25, 0.3) is 0 Å². The molecule has 0 aromatic carbocycles. The molecule has 1 N–H and O–H groups in total. The van der Waals surface area contributed by atoms with E-state index in [9.17, 15) is 14.9 Å². The minimum atomic E-state index is -1.37. The van der Waals surface area contributed by atoms with Crippen molar-refractivity contribution in [2.45, 2.75) is 51.7 Å². The zero-order chi connectivity index (χ0) is 13.9. The number of amides is 1. The molecule has 1 amide bonds. The van der Waals surface area contributed by atoms with Gasteiger partial charge in [-0.3, -0.25) is 10.1 Å². The lowest BCUT2D eigenvalue weighted by Crippen LogP contribution is -2.65. The predicted molar refractivity (Wildman–Crippen MR) is 67.4 cm³/mol. The number of hydrogen-bond acceptors (Lipinski definition) is 6. The number of nitrogens with zero attached hydrogens (tertiary/aromatic N) is 1. The van der Waals surface area contributed by atoms with Crippen molar-refractivity contribution in [1.29, 1.82) is 0 Å². The summed E-state index contributed by atoms with van der Waals surface area (Å²) in [5, 5.41) is 13.7. The van der Waals surface area contributed by atoms with Crippen molar-refractivity contribution >= 4 is 6.09 Å². The van der Waals surface area contributed by atoms with Crippen molar-refractivity contribution in [3.05, 3.63) is 10.1 Å². The van der Waals surface area contributed by atoms with Crippen LogP contribution in [-0.4, -0.2) is 49.2 Å². The molecule has 1 aliphatic rings. The number of alkyl carbamates (subject to hydrolysis) is 1. The van der Waals surface area contributed by atoms with Gasteiger partial charge in [0.1, 0.15) is 6.04 Å². The Kier molecular flexibility index (Phi) is 6.17. The van der Waals surface area contributed by atoms with Crippen LogP contribution in [0.25, 0.3) is 0 Å². The highest BCUT2D eigenvalue weighted by Crippen LogP contribution is 2.32. The summed E-state index contributed by atoms with van der Waals surface area (Å²) in [5.74, 6) is 0. The first-order chi connectivity index (χ1) is 8.35. The van der Waals surface area contributed by atoms with E-state index in [4.69, 9.17) is 9.47 Å². The summed E-state index contributed by atoms with van der Waals surface area (Å²) in [7, 11) is 2.62. The monoisotopic (exact) mass is 278 g/mol. The Bertz CT molecular complexity index is 337. The number of nitro groups is 1. The normalized spacial score (nSPS) is 34.0. The minimum Gasteiger partial charge on any atom is -0.453 e. The van der Waals surface area contributed by atoms with Crippen LogP contribution < -0.4 is 5.32 Å². The topological polar surface area (TPSA) is 99.9 Å².